The van der Waals surface area contributed by atoms with Crippen LogP contribution in [-0.4, -0.2) is 0 Å². The molecule has 1 atom stereocenters. The summed E-state index contributed by atoms with van der Waals surface area (Å²) in [5.74, 6) is 1.00. The van der Waals surface area contributed by atoms with Crippen molar-refractivity contribution in [3.8, 4) is 0 Å². The Balaban J connectivity index is 3.53. The van der Waals surface area contributed by atoms with E-state index in [1.54, 1.807) is 0 Å². The molecule has 0 amide bonds. The van der Waals surface area contributed by atoms with Gasteiger partial charge in [-0.2, -0.15) is 0 Å². The van der Waals surface area contributed by atoms with E-state index in [0.29, 0.717) is 0 Å². The van der Waals surface area contributed by atoms with E-state index in [2.05, 4.69) is 20.8 Å². The molecule has 0 aliphatic heterocycles. The van der Waals surface area contributed by atoms with Crippen LogP contribution in [0.1, 0.15) is 142 Å². The van der Waals surface area contributed by atoms with Crippen molar-refractivity contribution < 1.29 is 0 Å². The van der Waals surface area contributed by atoms with Crippen LogP contribution in [0.25, 0.3) is 0 Å². The van der Waals surface area contributed by atoms with Crippen LogP contribution in [0.15, 0.2) is 0 Å². The highest BCUT2D eigenvalue weighted by Crippen LogP contribution is 2.24. The van der Waals surface area contributed by atoms with Crippen molar-refractivity contribution in [2.24, 2.45) is 5.92 Å². The van der Waals surface area contributed by atoms with E-state index >= 15 is 0 Å². The van der Waals surface area contributed by atoms with E-state index in [9.17, 15) is 0 Å². The Kier molecular flexibility index (Phi) is 21.0. The number of unbranched alkanes of at least 4 members (excludes halogenated alkanes) is 14. The molecule has 0 aromatic carbocycles. The van der Waals surface area contributed by atoms with Gasteiger partial charge in [-0.3, -0.25) is 0 Å². The van der Waals surface area contributed by atoms with Crippen LogP contribution < -0.4 is 0 Å². The topological polar surface area (TPSA) is 0 Å². The van der Waals surface area contributed by atoms with Gasteiger partial charge in [0.2, 0.25) is 0 Å². The standard InChI is InChI=1S/C24H49/c1-4-7-10-12-14-15-16-18-20-23-24(21-9-6-3)22-19-17-13-11-8-5-2/h24H,3-23H2,1-2H3. The van der Waals surface area contributed by atoms with Crippen molar-refractivity contribution in [2.45, 2.75) is 142 Å². The molecular weight excluding hydrogens is 288 g/mol. The van der Waals surface area contributed by atoms with Gasteiger partial charge < -0.3 is 0 Å². The first kappa shape index (κ1) is 24.0. The lowest BCUT2D eigenvalue weighted by atomic mass is 9.90. The predicted molar refractivity (Wildman–Crippen MR) is 113 cm³/mol. The molecule has 0 nitrogen and oxygen atoms in total. The fraction of sp³-hybridized carbons (Fsp3) is 0.958. The molecule has 1 radical (unpaired) electrons. The summed E-state index contributed by atoms with van der Waals surface area (Å²) in [4.78, 5) is 0. The molecule has 145 valence electrons. The van der Waals surface area contributed by atoms with Gasteiger partial charge in [0.05, 0.1) is 0 Å². The molecule has 0 N–H and O–H groups in total. The summed E-state index contributed by atoms with van der Waals surface area (Å²) in [6.45, 7) is 8.65. The van der Waals surface area contributed by atoms with Gasteiger partial charge >= 0.3 is 0 Å². The normalized spacial score (nSPS) is 12.6. The van der Waals surface area contributed by atoms with Gasteiger partial charge in [-0.1, -0.05) is 149 Å². The minimum atomic E-state index is 1.00. The average Bonchev–Trinajstić information content (AvgIpc) is 2.60. The Labute approximate surface area is 155 Å². The van der Waals surface area contributed by atoms with Crippen LogP contribution in [-0.2, 0) is 0 Å². The second-order valence-electron chi connectivity index (χ2n) is 8.04. The molecule has 1 unspecified atom stereocenters. The van der Waals surface area contributed by atoms with Crippen molar-refractivity contribution in [1.29, 1.82) is 0 Å². The molecule has 0 aromatic rings. The molecule has 0 saturated heterocycles. The van der Waals surface area contributed by atoms with Crippen LogP contribution in [0.5, 0.6) is 0 Å². The monoisotopic (exact) mass is 337 g/mol. The summed E-state index contributed by atoms with van der Waals surface area (Å²) in [5, 5.41) is 0. The molecule has 0 aromatic heterocycles. The van der Waals surface area contributed by atoms with E-state index in [1.807, 2.05) is 0 Å². The maximum absolute atomic E-state index is 4.04. The van der Waals surface area contributed by atoms with Gasteiger partial charge in [-0.15, -0.1) is 0 Å². The van der Waals surface area contributed by atoms with E-state index in [4.69, 9.17) is 0 Å². The number of rotatable bonds is 20. The Morgan fingerprint density at radius 2 is 0.792 bits per heavy atom. The van der Waals surface area contributed by atoms with E-state index in [0.717, 1.165) is 12.3 Å². The highest BCUT2D eigenvalue weighted by molar-refractivity contribution is 4.62. The summed E-state index contributed by atoms with van der Waals surface area (Å²) >= 11 is 0. The Bertz CT molecular complexity index is 208. The first-order valence-electron chi connectivity index (χ1n) is 11.6. The zero-order chi connectivity index (χ0) is 17.7. The van der Waals surface area contributed by atoms with Gasteiger partial charge in [0, 0.05) is 0 Å². The molecule has 24 heavy (non-hydrogen) atoms. The van der Waals surface area contributed by atoms with Crippen molar-refractivity contribution in [1.82, 2.24) is 0 Å². The molecular formula is C24H49. The fourth-order valence-corrected chi connectivity index (χ4v) is 3.82. The van der Waals surface area contributed by atoms with E-state index in [1.165, 1.54) is 122 Å². The minimum absolute atomic E-state index is 1.00. The largest absolute Gasteiger partial charge is 0.0654 e. The lowest BCUT2D eigenvalue weighted by Crippen LogP contribution is -2.01. The highest BCUT2D eigenvalue weighted by Gasteiger charge is 2.08. The van der Waals surface area contributed by atoms with Crippen LogP contribution in [0.2, 0.25) is 0 Å². The molecule has 0 heterocycles. The first-order chi connectivity index (χ1) is 11.8. The van der Waals surface area contributed by atoms with Crippen molar-refractivity contribution >= 4 is 0 Å². The zero-order valence-corrected chi connectivity index (χ0v) is 17.4. The number of hydrogen-bond donors (Lipinski definition) is 0. The van der Waals surface area contributed by atoms with Crippen LogP contribution >= 0.6 is 0 Å². The van der Waals surface area contributed by atoms with E-state index in [-0.39, 0.29) is 0 Å². The van der Waals surface area contributed by atoms with Gasteiger partial charge in [0.25, 0.3) is 0 Å². The van der Waals surface area contributed by atoms with Crippen molar-refractivity contribution in [2.75, 3.05) is 0 Å². The lowest BCUT2D eigenvalue weighted by molar-refractivity contribution is 0.372. The van der Waals surface area contributed by atoms with Crippen molar-refractivity contribution in [3.05, 3.63) is 6.92 Å². The zero-order valence-electron chi connectivity index (χ0n) is 17.4. The maximum Gasteiger partial charge on any atom is -0.0414 e. The average molecular weight is 338 g/mol. The Morgan fingerprint density at radius 3 is 1.17 bits per heavy atom. The van der Waals surface area contributed by atoms with E-state index < -0.39 is 0 Å². The van der Waals surface area contributed by atoms with Gasteiger partial charge in [0.1, 0.15) is 0 Å². The molecule has 0 heteroatoms. The smallest absolute Gasteiger partial charge is 0.0414 e. The van der Waals surface area contributed by atoms with Crippen molar-refractivity contribution in [3.63, 3.8) is 0 Å². The lowest BCUT2D eigenvalue weighted by Gasteiger charge is -2.16. The summed E-state index contributed by atoms with van der Waals surface area (Å²) in [5.41, 5.74) is 0. The molecule has 0 saturated carbocycles. The molecule has 0 aliphatic carbocycles. The SMILES string of the molecule is [CH2]CCCC(CCCCCCCC)CCCCCCCCCCC. The Morgan fingerprint density at radius 1 is 0.458 bits per heavy atom. The van der Waals surface area contributed by atoms with Crippen LogP contribution in [0.4, 0.5) is 0 Å². The number of hydrogen-bond acceptors (Lipinski definition) is 0. The second-order valence-corrected chi connectivity index (χ2v) is 8.04. The fourth-order valence-electron chi connectivity index (χ4n) is 3.82. The Hall–Kier alpha value is 0. The van der Waals surface area contributed by atoms with Crippen LogP contribution in [0, 0.1) is 12.8 Å². The van der Waals surface area contributed by atoms with Gasteiger partial charge in [-0.05, 0) is 5.92 Å². The molecule has 0 bridgehead atoms. The van der Waals surface area contributed by atoms with Gasteiger partial charge in [0.15, 0.2) is 0 Å². The summed E-state index contributed by atoms with van der Waals surface area (Å²) in [6.07, 6.45) is 28.7. The summed E-state index contributed by atoms with van der Waals surface area (Å²) in [6, 6.07) is 0. The predicted octanol–water partition coefficient (Wildman–Crippen LogP) is 9.28. The van der Waals surface area contributed by atoms with Gasteiger partial charge in [-0.25, -0.2) is 0 Å². The molecule has 0 rings (SSSR count). The first-order valence-corrected chi connectivity index (χ1v) is 11.6. The third-order valence-corrected chi connectivity index (χ3v) is 5.54. The molecule has 0 aliphatic rings. The summed E-state index contributed by atoms with van der Waals surface area (Å²) in [7, 11) is 0. The second kappa shape index (κ2) is 21.0. The third kappa shape index (κ3) is 18.3. The highest BCUT2D eigenvalue weighted by atomic mass is 14.1. The third-order valence-electron chi connectivity index (χ3n) is 5.54. The quantitative estimate of drug-likeness (QED) is 0.194. The molecule has 0 spiro atoms. The summed E-state index contributed by atoms with van der Waals surface area (Å²) < 4.78 is 0. The molecule has 0 fully saturated rings. The maximum atomic E-state index is 4.04. The minimum Gasteiger partial charge on any atom is -0.0654 e. The van der Waals surface area contributed by atoms with Crippen LogP contribution in [0.3, 0.4) is 0 Å².